The smallest absolute Gasteiger partial charge is 0.235 e. The van der Waals surface area contributed by atoms with Crippen LogP contribution in [0.25, 0.3) is 0 Å². The fraction of sp³-hybridized carbons (Fsp3) is 0.773. The molecule has 2 saturated carbocycles. The Morgan fingerprint density at radius 1 is 1.13 bits per heavy atom. The van der Waals surface area contributed by atoms with E-state index in [1.807, 2.05) is 20.8 Å². The van der Waals surface area contributed by atoms with Crippen LogP contribution in [0.3, 0.4) is 0 Å². The summed E-state index contributed by atoms with van der Waals surface area (Å²) in [6, 6.07) is 0. The van der Waals surface area contributed by atoms with E-state index >= 15 is 0 Å². The lowest BCUT2D eigenvalue weighted by Crippen LogP contribution is -2.59. The number of aromatic nitrogens is 2. The average molecular weight is 433 g/mol. The number of carbonyl (C=O) groups excluding carboxylic acids is 3. The van der Waals surface area contributed by atoms with Gasteiger partial charge in [0, 0.05) is 24.8 Å². The van der Waals surface area contributed by atoms with E-state index in [0.717, 1.165) is 30.7 Å². The predicted octanol–water partition coefficient (Wildman–Crippen LogP) is 4.12. The first kappa shape index (κ1) is 21.4. The van der Waals surface area contributed by atoms with E-state index < -0.39 is 5.41 Å². The standard InChI is InChI=1S/C22H32N4O3S/c1-21(2)15-11-12-22(21,3)19(29)26(18(15)28)13-7-10-16(27)23-20-25-24-17(30-20)14-8-5-4-6-9-14/h14-15H,4-13H2,1-3H3,(H,23,25,27). The minimum atomic E-state index is -0.490. The van der Waals surface area contributed by atoms with E-state index in [1.54, 1.807) is 0 Å². The van der Waals surface area contributed by atoms with Gasteiger partial charge in [-0.3, -0.25) is 19.3 Å². The Bertz CT molecular complexity index is 845. The molecule has 1 aliphatic heterocycles. The van der Waals surface area contributed by atoms with Gasteiger partial charge in [-0.05, 0) is 37.5 Å². The number of imide groups is 1. The molecular formula is C22H32N4O3S. The number of piperidine rings is 1. The second-order valence-corrected chi connectivity index (χ2v) is 10.9. The third kappa shape index (κ3) is 3.57. The fourth-order valence-electron chi connectivity index (χ4n) is 5.49. The van der Waals surface area contributed by atoms with Crippen molar-refractivity contribution in [3.8, 4) is 0 Å². The normalized spacial score (nSPS) is 28.8. The summed E-state index contributed by atoms with van der Waals surface area (Å²) in [5, 5.41) is 12.8. The molecule has 4 rings (SSSR count). The van der Waals surface area contributed by atoms with Crippen LogP contribution < -0.4 is 5.32 Å². The van der Waals surface area contributed by atoms with Gasteiger partial charge in [-0.2, -0.15) is 0 Å². The number of fused-ring (bicyclic) bond motifs is 2. The summed E-state index contributed by atoms with van der Waals surface area (Å²) in [5.74, 6) is 0.0787. The highest BCUT2D eigenvalue weighted by molar-refractivity contribution is 7.15. The lowest BCUT2D eigenvalue weighted by atomic mass is 9.62. The van der Waals surface area contributed by atoms with Crippen molar-refractivity contribution in [2.24, 2.45) is 16.7 Å². The molecule has 7 nitrogen and oxygen atoms in total. The largest absolute Gasteiger partial charge is 0.301 e. The molecule has 3 aliphatic rings. The summed E-state index contributed by atoms with van der Waals surface area (Å²) in [5.41, 5.74) is -0.793. The maximum atomic E-state index is 13.0. The highest BCUT2D eigenvalue weighted by atomic mass is 32.1. The summed E-state index contributed by atoms with van der Waals surface area (Å²) < 4.78 is 0. The van der Waals surface area contributed by atoms with Gasteiger partial charge in [0.2, 0.25) is 22.9 Å². The Kier molecular flexibility index (Phi) is 5.72. The Labute approximate surface area is 182 Å². The van der Waals surface area contributed by atoms with E-state index in [2.05, 4.69) is 15.5 Å². The summed E-state index contributed by atoms with van der Waals surface area (Å²) in [6.45, 7) is 6.36. The Morgan fingerprint density at radius 2 is 1.87 bits per heavy atom. The van der Waals surface area contributed by atoms with Crippen LogP contribution in [0.4, 0.5) is 5.13 Å². The highest BCUT2D eigenvalue weighted by Gasteiger charge is 2.64. The first-order valence-corrected chi connectivity index (χ1v) is 12.0. The molecule has 3 fully saturated rings. The third-order valence-electron chi connectivity index (χ3n) is 7.93. The third-order valence-corrected chi connectivity index (χ3v) is 8.94. The molecule has 2 heterocycles. The first-order valence-electron chi connectivity index (χ1n) is 11.2. The number of amides is 3. The summed E-state index contributed by atoms with van der Waals surface area (Å²) >= 11 is 1.47. The van der Waals surface area contributed by atoms with Crippen LogP contribution in [0.5, 0.6) is 0 Å². The first-order chi connectivity index (χ1) is 14.2. The zero-order chi connectivity index (χ0) is 21.5. The molecule has 1 saturated heterocycles. The van der Waals surface area contributed by atoms with Gasteiger partial charge in [-0.15, -0.1) is 10.2 Å². The molecule has 8 heteroatoms. The van der Waals surface area contributed by atoms with E-state index in [-0.39, 0.29) is 35.5 Å². The molecule has 30 heavy (non-hydrogen) atoms. The molecule has 2 atom stereocenters. The maximum absolute atomic E-state index is 13.0. The molecule has 164 valence electrons. The second-order valence-electron chi connectivity index (χ2n) is 9.87. The van der Waals surface area contributed by atoms with Crippen molar-refractivity contribution in [2.75, 3.05) is 11.9 Å². The monoisotopic (exact) mass is 432 g/mol. The minimum absolute atomic E-state index is 0.0679. The molecule has 3 amide bonds. The van der Waals surface area contributed by atoms with Crippen LogP contribution in [0, 0.1) is 16.7 Å². The number of hydrogen-bond donors (Lipinski definition) is 1. The van der Waals surface area contributed by atoms with Crippen molar-refractivity contribution in [1.29, 1.82) is 0 Å². The Hall–Kier alpha value is -1.83. The molecule has 2 aliphatic carbocycles. The zero-order valence-electron chi connectivity index (χ0n) is 18.2. The van der Waals surface area contributed by atoms with Crippen LogP contribution in [0.1, 0.15) is 89.5 Å². The molecule has 0 spiro atoms. The van der Waals surface area contributed by atoms with Gasteiger partial charge in [-0.25, -0.2) is 0 Å². The number of rotatable bonds is 6. The maximum Gasteiger partial charge on any atom is 0.235 e. The number of likely N-dealkylation sites (tertiary alicyclic amines) is 1. The quantitative estimate of drug-likeness (QED) is 0.683. The topological polar surface area (TPSA) is 92.3 Å². The molecular weight excluding hydrogens is 400 g/mol. The molecule has 2 bridgehead atoms. The summed E-state index contributed by atoms with van der Waals surface area (Å²) in [7, 11) is 0. The van der Waals surface area contributed by atoms with E-state index in [9.17, 15) is 14.4 Å². The van der Waals surface area contributed by atoms with E-state index in [4.69, 9.17) is 0 Å². The number of hydrogen-bond acceptors (Lipinski definition) is 6. The van der Waals surface area contributed by atoms with Crippen LogP contribution in [0.15, 0.2) is 0 Å². The molecule has 0 radical (unpaired) electrons. The molecule has 0 aromatic carbocycles. The highest BCUT2D eigenvalue weighted by Crippen LogP contribution is 2.60. The van der Waals surface area contributed by atoms with Gasteiger partial charge in [0.1, 0.15) is 5.01 Å². The van der Waals surface area contributed by atoms with Gasteiger partial charge in [-0.1, -0.05) is 51.4 Å². The van der Waals surface area contributed by atoms with Gasteiger partial charge in [0.05, 0.1) is 5.41 Å². The Morgan fingerprint density at radius 3 is 2.60 bits per heavy atom. The minimum Gasteiger partial charge on any atom is -0.301 e. The van der Waals surface area contributed by atoms with Crippen LogP contribution in [-0.2, 0) is 14.4 Å². The van der Waals surface area contributed by atoms with E-state index in [0.29, 0.717) is 24.0 Å². The lowest BCUT2D eigenvalue weighted by molar-refractivity contribution is -0.168. The van der Waals surface area contributed by atoms with E-state index in [1.165, 1.54) is 35.5 Å². The van der Waals surface area contributed by atoms with Crippen LogP contribution in [-0.4, -0.2) is 39.4 Å². The van der Waals surface area contributed by atoms with Gasteiger partial charge in [0.15, 0.2) is 0 Å². The molecule has 1 aromatic rings. The molecule has 1 aromatic heterocycles. The van der Waals surface area contributed by atoms with Crippen molar-refractivity contribution in [3.05, 3.63) is 5.01 Å². The van der Waals surface area contributed by atoms with Crippen LogP contribution in [0.2, 0.25) is 0 Å². The van der Waals surface area contributed by atoms with Crippen molar-refractivity contribution in [2.45, 2.75) is 84.5 Å². The second kappa shape index (κ2) is 8.02. The van der Waals surface area contributed by atoms with Gasteiger partial charge >= 0.3 is 0 Å². The number of nitrogens with zero attached hydrogens (tertiary/aromatic N) is 3. The summed E-state index contributed by atoms with van der Waals surface area (Å²) in [4.78, 5) is 39.7. The number of nitrogens with one attached hydrogen (secondary N) is 1. The van der Waals surface area contributed by atoms with Crippen molar-refractivity contribution in [3.63, 3.8) is 0 Å². The number of carbonyl (C=O) groups is 3. The molecule has 2 unspecified atom stereocenters. The van der Waals surface area contributed by atoms with Crippen molar-refractivity contribution >= 4 is 34.2 Å². The fourth-order valence-corrected chi connectivity index (χ4v) is 6.42. The summed E-state index contributed by atoms with van der Waals surface area (Å²) in [6.07, 6.45) is 8.29. The average Bonchev–Trinajstić information content (AvgIpc) is 3.25. The number of anilines is 1. The van der Waals surface area contributed by atoms with Crippen molar-refractivity contribution in [1.82, 2.24) is 15.1 Å². The lowest BCUT2D eigenvalue weighted by Gasteiger charge is -2.47. The van der Waals surface area contributed by atoms with Gasteiger partial charge < -0.3 is 5.32 Å². The van der Waals surface area contributed by atoms with Gasteiger partial charge in [0.25, 0.3) is 0 Å². The SMILES string of the molecule is CC12CCC(C(=O)N(CCCC(=O)Nc3nnc(C4CCCCC4)s3)C1=O)C2(C)C. The molecule has 1 N–H and O–H groups in total. The zero-order valence-corrected chi connectivity index (χ0v) is 19.0. The Balaban J connectivity index is 1.29. The van der Waals surface area contributed by atoms with Crippen LogP contribution >= 0.6 is 11.3 Å². The van der Waals surface area contributed by atoms with Crippen molar-refractivity contribution < 1.29 is 14.4 Å². The predicted molar refractivity (Wildman–Crippen MR) is 115 cm³/mol.